The summed E-state index contributed by atoms with van der Waals surface area (Å²) in [6, 6.07) is 16.8. The van der Waals surface area contributed by atoms with Gasteiger partial charge in [-0.2, -0.15) is 4.57 Å². The Labute approximate surface area is 220 Å². The van der Waals surface area contributed by atoms with Crippen molar-refractivity contribution in [1.82, 2.24) is 0 Å². The third kappa shape index (κ3) is 3.13. The fourth-order valence-corrected chi connectivity index (χ4v) is 6.39. The van der Waals surface area contributed by atoms with Crippen molar-refractivity contribution >= 4 is 44.0 Å². The van der Waals surface area contributed by atoms with Crippen LogP contribution in [0.1, 0.15) is 24.5 Å². The lowest BCUT2D eigenvalue weighted by atomic mass is 9.87. The van der Waals surface area contributed by atoms with Crippen molar-refractivity contribution < 1.29 is 23.5 Å². The summed E-state index contributed by atoms with van der Waals surface area (Å²) < 4.78 is 26.2. The zero-order valence-corrected chi connectivity index (χ0v) is 21.9. The normalized spacial score (nSPS) is 13.7. The van der Waals surface area contributed by atoms with Crippen molar-refractivity contribution in [3.8, 4) is 34.3 Å². The van der Waals surface area contributed by atoms with Crippen LogP contribution < -0.4 is 23.5 Å². The first kappa shape index (κ1) is 22.5. The molecule has 0 saturated carbocycles. The molecule has 5 aromatic rings. The number of benzene rings is 4. The molecule has 5 nitrogen and oxygen atoms in total. The average Bonchev–Trinajstić information content (AvgIpc) is 3.39. The highest BCUT2D eigenvalue weighted by atomic mass is 35.5. The summed E-state index contributed by atoms with van der Waals surface area (Å²) in [6.07, 6.45) is 2.89. The molecule has 1 aromatic heterocycles. The van der Waals surface area contributed by atoms with Crippen LogP contribution in [0.3, 0.4) is 0 Å². The number of methoxy groups -OCH3 is 2. The van der Waals surface area contributed by atoms with Crippen LogP contribution in [0.15, 0.2) is 48.5 Å². The lowest BCUT2D eigenvalue weighted by Crippen LogP contribution is -2.41. The van der Waals surface area contributed by atoms with E-state index in [-0.39, 0.29) is 6.79 Å². The van der Waals surface area contributed by atoms with E-state index in [4.69, 9.17) is 30.5 Å². The topological polar surface area (TPSA) is 40.8 Å². The van der Waals surface area contributed by atoms with E-state index < -0.39 is 0 Å². The fraction of sp³-hybridized carbons (Fsp3) is 0.258. The van der Waals surface area contributed by atoms with E-state index in [1.54, 1.807) is 14.2 Å². The standard InChI is InChI=1S/C31H27ClNO4/c1-4-5-18-14-22-21-10-11-23(34-2)30(35-3)27(21)28(17-6-8-20(32)9-7-17)33-13-12-19-15-24-31(37-16-36-24)26(18)25(19)29(22)33/h6-11,14-15H,4-5,12-13,16H2,1-3H3/q+1. The van der Waals surface area contributed by atoms with E-state index in [2.05, 4.69) is 41.8 Å². The highest BCUT2D eigenvalue weighted by Crippen LogP contribution is 2.49. The number of aromatic nitrogens is 1. The van der Waals surface area contributed by atoms with Crippen LogP contribution in [0, 0.1) is 0 Å². The maximum absolute atomic E-state index is 6.30. The van der Waals surface area contributed by atoms with E-state index in [1.807, 2.05) is 18.2 Å². The minimum absolute atomic E-state index is 0.266. The number of hydrogen-bond acceptors (Lipinski definition) is 4. The number of hydrogen-bond donors (Lipinski definition) is 0. The van der Waals surface area contributed by atoms with E-state index in [1.165, 1.54) is 32.8 Å². The largest absolute Gasteiger partial charge is 0.493 e. The van der Waals surface area contributed by atoms with Crippen molar-refractivity contribution in [2.75, 3.05) is 21.0 Å². The molecule has 0 amide bonds. The molecule has 2 aliphatic heterocycles. The molecule has 7 rings (SSSR count). The molecular weight excluding hydrogens is 486 g/mol. The van der Waals surface area contributed by atoms with Gasteiger partial charge in [0.25, 0.3) is 0 Å². The van der Waals surface area contributed by atoms with Gasteiger partial charge in [0.15, 0.2) is 29.5 Å². The molecule has 6 heteroatoms. The SMILES string of the molecule is CCCc1cc2c3ccc(OC)c(OC)c3c(-c3ccc(Cl)cc3)[n+]3c2c2c(cc4c(c12)OCO4)CC3. The Morgan fingerprint density at radius 1 is 0.919 bits per heavy atom. The van der Waals surface area contributed by atoms with Crippen LogP contribution in [-0.2, 0) is 19.4 Å². The van der Waals surface area contributed by atoms with Crippen molar-refractivity contribution in [3.63, 3.8) is 0 Å². The predicted octanol–water partition coefficient (Wildman–Crippen LogP) is 7.01. The average molecular weight is 513 g/mol. The molecule has 0 N–H and O–H groups in total. The first-order valence-corrected chi connectivity index (χ1v) is 13.1. The second kappa shape index (κ2) is 8.42. The Morgan fingerprint density at radius 3 is 2.51 bits per heavy atom. The maximum atomic E-state index is 6.30. The number of nitrogens with zero attached hydrogens (tertiary/aromatic N) is 1. The van der Waals surface area contributed by atoms with Gasteiger partial charge in [-0.3, -0.25) is 0 Å². The minimum atomic E-state index is 0.266. The second-order valence-electron chi connectivity index (χ2n) is 9.68. The van der Waals surface area contributed by atoms with E-state index in [9.17, 15) is 0 Å². The summed E-state index contributed by atoms with van der Waals surface area (Å²) in [7, 11) is 3.40. The summed E-state index contributed by atoms with van der Waals surface area (Å²) in [6.45, 7) is 3.32. The monoisotopic (exact) mass is 512 g/mol. The van der Waals surface area contributed by atoms with Gasteiger partial charge in [-0.05, 0) is 66.1 Å². The fourth-order valence-electron chi connectivity index (χ4n) is 6.27. The van der Waals surface area contributed by atoms with E-state index >= 15 is 0 Å². The Balaban J connectivity index is 1.76. The molecule has 0 bridgehead atoms. The zero-order chi connectivity index (χ0) is 25.3. The summed E-state index contributed by atoms with van der Waals surface area (Å²) in [5, 5.41) is 6.56. The Morgan fingerprint density at radius 2 is 1.76 bits per heavy atom. The van der Waals surface area contributed by atoms with Crippen molar-refractivity contribution in [1.29, 1.82) is 0 Å². The number of rotatable bonds is 5. The van der Waals surface area contributed by atoms with Crippen molar-refractivity contribution in [3.05, 3.63) is 64.7 Å². The minimum Gasteiger partial charge on any atom is -0.493 e. The van der Waals surface area contributed by atoms with Crippen molar-refractivity contribution in [2.24, 2.45) is 0 Å². The van der Waals surface area contributed by atoms with E-state index in [0.717, 1.165) is 65.1 Å². The summed E-state index contributed by atoms with van der Waals surface area (Å²) in [5.41, 5.74) is 6.00. The molecule has 0 saturated heterocycles. The first-order chi connectivity index (χ1) is 18.1. The molecule has 3 heterocycles. The molecule has 0 unspecified atom stereocenters. The predicted molar refractivity (Wildman–Crippen MR) is 147 cm³/mol. The van der Waals surface area contributed by atoms with Crippen molar-refractivity contribution in [2.45, 2.75) is 32.7 Å². The van der Waals surface area contributed by atoms with Gasteiger partial charge in [0.05, 0.1) is 25.0 Å². The van der Waals surface area contributed by atoms with Gasteiger partial charge in [0.2, 0.25) is 18.0 Å². The molecule has 0 radical (unpaired) electrons. The van der Waals surface area contributed by atoms with Crippen LogP contribution in [0.2, 0.25) is 5.02 Å². The Hall–Kier alpha value is -3.70. The molecule has 186 valence electrons. The third-order valence-electron chi connectivity index (χ3n) is 7.73. The zero-order valence-electron chi connectivity index (χ0n) is 21.1. The Bertz CT molecular complexity index is 1740. The van der Waals surface area contributed by atoms with Gasteiger partial charge in [0.1, 0.15) is 5.39 Å². The van der Waals surface area contributed by atoms with Crippen LogP contribution in [0.5, 0.6) is 23.0 Å². The lowest BCUT2D eigenvalue weighted by Gasteiger charge is -2.22. The number of ether oxygens (including phenoxy) is 4. The van der Waals surface area contributed by atoms with Gasteiger partial charge in [-0.1, -0.05) is 24.9 Å². The molecule has 4 aromatic carbocycles. The maximum Gasteiger partial charge on any atom is 0.231 e. The molecule has 2 aliphatic rings. The van der Waals surface area contributed by atoms with Crippen LogP contribution in [-0.4, -0.2) is 21.0 Å². The van der Waals surface area contributed by atoms with Crippen LogP contribution >= 0.6 is 11.6 Å². The summed E-state index contributed by atoms with van der Waals surface area (Å²) in [5.74, 6) is 3.19. The van der Waals surface area contributed by atoms with E-state index in [0.29, 0.717) is 10.8 Å². The van der Waals surface area contributed by atoms with Crippen LogP contribution in [0.4, 0.5) is 0 Å². The Kier molecular flexibility index (Phi) is 5.12. The van der Waals surface area contributed by atoms with Crippen LogP contribution in [0.25, 0.3) is 43.7 Å². The molecule has 0 aliphatic carbocycles. The molecule has 0 spiro atoms. The highest BCUT2D eigenvalue weighted by molar-refractivity contribution is 6.30. The molecular formula is C31H27ClNO4+. The second-order valence-corrected chi connectivity index (χ2v) is 10.1. The third-order valence-corrected chi connectivity index (χ3v) is 7.98. The highest BCUT2D eigenvalue weighted by Gasteiger charge is 2.35. The number of pyridine rings is 1. The lowest BCUT2D eigenvalue weighted by molar-refractivity contribution is -0.659. The molecule has 37 heavy (non-hydrogen) atoms. The molecule has 0 fully saturated rings. The number of halogens is 1. The summed E-state index contributed by atoms with van der Waals surface area (Å²) >= 11 is 6.30. The number of aryl methyl sites for hydroxylation is 3. The summed E-state index contributed by atoms with van der Waals surface area (Å²) in [4.78, 5) is 0. The molecule has 0 atom stereocenters. The number of fused-ring (bicyclic) bond motifs is 4. The van der Waals surface area contributed by atoms with Gasteiger partial charge in [0, 0.05) is 27.8 Å². The quantitative estimate of drug-likeness (QED) is 0.188. The smallest absolute Gasteiger partial charge is 0.231 e. The van der Waals surface area contributed by atoms with Gasteiger partial charge < -0.3 is 18.9 Å². The van der Waals surface area contributed by atoms with Gasteiger partial charge in [-0.25, -0.2) is 0 Å². The van der Waals surface area contributed by atoms with Gasteiger partial charge in [-0.15, -0.1) is 0 Å². The first-order valence-electron chi connectivity index (χ1n) is 12.7. The van der Waals surface area contributed by atoms with Gasteiger partial charge >= 0.3 is 0 Å².